The molecule has 18 heavy (non-hydrogen) atoms. The van der Waals surface area contributed by atoms with Gasteiger partial charge in [-0.25, -0.2) is 0 Å². The predicted octanol–water partition coefficient (Wildman–Crippen LogP) is 2.65. The molecule has 0 aliphatic heterocycles. The fourth-order valence-corrected chi connectivity index (χ4v) is 1.71. The number of ether oxygens (including phenoxy) is 2. The van der Waals surface area contributed by atoms with E-state index in [4.69, 9.17) is 9.47 Å². The average Bonchev–Trinajstić information content (AvgIpc) is 2.46. The monoisotopic (exact) mass is 244 g/mol. The Hall–Kier alpha value is -2.10. The molecule has 0 saturated carbocycles. The van der Waals surface area contributed by atoms with E-state index in [2.05, 4.69) is 29.0 Å². The van der Waals surface area contributed by atoms with Crippen LogP contribution in [0.4, 0.5) is 0 Å². The number of hydrogen-bond acceptors (Lipinski definition) is 4. The van der Waals surface area contributed by atoms with E-state index in [-0.39, 0.29) is 5.92 Å². The Bertz CT molecular complexity index is 492. The van der Waals surface area contributed by atoms with E-state index < -0.39 is 0 Å². The highest BCUT2D eigenvalue weighted by Gasteiger charge is 2.14. The number of methoxy groups -OCH3 is 2. The smallest absolute Gasteiger partial charge is 0.220 e. The first-order chi connectivity index (χ1) is 8.74. The zero-order valence-corrected chi connectivity index (χ0v) is 10.8. The van der Waals surface area contributed by atoms with Crippen molar-refractivity contribution in [2.75, 3.05) is 14.2 Å². The zero-order chi connectivity index (χ0) is 13.0. The largest absolute Gasteiger partial charge is 0.481 e. The standard InChI is InChI=1S/C14H16N2O2/c1-10(11-7-5-4-6-8-11)14-15-12(17-2)9-13(16-14)18-3/h4-10H,1-3H3. The molecule has 0 amide bonds. The van der Waals surface area contributed by atoms with Gasteiger partial charge >= 0.3 is 0 Å². The Labute approximate surface area is 107 Å². The lowest BCUT2D eigenvalue weighted by atomic mass is 10.0. The van der Waals surface area contributed by atoms with Gasteiger partial charge in [-0.3, -0.25) is 0 Å². The number of nitrogens with zero attached hydrogens (tertiary/aromatic N) is 2. The minimum absolute atomic E-state index is 0.0928. The van der Waals surface area contributed by atoms with Gasteiger partial charge in [0.05, 0.1) is 20.3 Å². The van der Waals surface area contributed by atoms with E-state index in [1.807, 2.05) is 18.2 Å². The minimum Gasteiger partial charge on any atom is -0.481 e. The predicted molar refractivity (Wildman–Crippen MR) is 69.1 cm³/mol. The first-order valence-electron chi connectivity index (χ1n) is 5.76. The second kappa shape index (κ2) is 5.49. The zero-order valence-electron chi connectivity index (χ0n) is 10.8. The molecule has 0 spiro atoms. The Kier molecular flexibility index (Phi) is 3.77. The maximum Gasteiger partial charge on any atom is 0.220 e. The van der Waals surface area contributed by atoms with Crippen LogP contribution >= 0.6 is 0 Å². The van der Waals surface area contributed by atoms with Crippen LogP contribution < -0.4 is 9.47 Å². The highest BCUT2D eigenvalue weighted by Crippen LogP contribution is 2.24. The molecule has 0 bridgehead atoms. The van der Waals surface area contributed by atoms with Crippen molar-refractivity contribution in [1.82, 2.24) is 9.97 Å². The van der Waals surface area contributed by atoms with Crippen LogP contribution in [0.1, 0.15) is 24.2 Å². The Morgan fingerprint density at radius 3 is 2.00 bits per heavy atom. The summed E-state index contributed by atoms with van der Waals surface area (Å²) in [5, 5.41) is 0. The summed E-state index contributed by atoms with van der Waals surface area (Å²) in [4.78, 5) is 8.73. The first-order valence-corrected chi connectivity index (χ1v) is 5.76. The van der Waals surface area contributed by atoms with Crippen LogP contribution in [0.25, 0.3) is 0 Å². The Morgan fingerprint density at radius 1 is 0.944 bits per heavy atom. The summed E-state index contributed by atoms with van der Waals surface area (Å²) < 4.78 is 10.3. The molecule has 1 atom stereocenters. The first kappa shape index (κ1) is 12.4. The third-order valence-corrected chi connectivity index (χ3v) is 2.80. The van der Waals surface area contributed by atoms with E-state index in [0.29, 0.717) is 17.6 Å². The van der Waals surface area contributed by atoms with Crippen LogP contribution in [-0.2, 0) is 0 Å². The fraction of sp³-hybridized carbons (Fsp3) is 0.286. The molecule has 2 rings (SSSR count). The van der Waals surface area contributed by atoms with Crippen molar-refractivity contribution in [3.05, 3.63) is 47.8 Å². The second-order valence-corrected chi connectivity index (χ2v) is 3.94. The van der Waals surface area contributed by atoms with Gasteiger partial charge < -0.3 is 9.47 Å². The van der Waals surface area contributed by atoms with Gasteiger partial charge in [0.25, 0.3) is 0 Å². The fourth-order valence-electron chi connectivity index (χ4n) is 1.71. The summed E-state index contributed by atoms with van der Waals surface area (Å²) >= 11 is 0. The molecule has 1 aromatic carbocycles. The van der Waals surface area contributed by atoms with Gasteiger partial charge in [-0.1, -0.05) is 37.3 Å². The number of rotatable bonds is 4. The van der Waals surface area contributed by atoms with Gasteiger partial charge in [-0.2, -0.15) is 9.97 Å². The number of hydrogen-bond donors (Lipinski definition) is 0. The van der Waals surface area contributed by atoms with Crippen LogP contribution in [0.15, 0.2) is 36.4 Å². The molecular weight excluding hydrogens is 228 g/mol. The van der Waals surface area contributed by atoms with Crippen LogP contribution in [-0.4, -0.2) is 24.2 Å². The highest BCUT2D eigenvalue weighted by molar-refractivity contribution is 5.28. The summed E-state index contributed by atoms with van der Waals surface area (Å²) in [6, 6.07) is 11.8. The molecule has 1 aromatic heterocycles. The topological polar surface area (TPSA) is 44.2 Å². The molecule has 0 fully saturated rings. The number of benzene rings is 1. The summed E-state index contributed by atoms with van der Waals surface area (Å²) in [5.41, 5.74) is 1.16. The van der Waals surface area contributed by atoms with Crippen molar-refractivity contribution in [1.29, 1.82) is 0 Å². The summed E-state index contributed by atoms with van der Waals surface area (Å²) in [5.74, 6) is 1.81. The van der Waals surface area contributed by atoms with Crippen LogP contribution in [0.2, 0.25) is 0 Å². The van der Waals surface area contributed by atoms with E-state index in [9.17, 15) is 0 Å². The molecule has 4 heteroatoms. The van der Waals surface area contributed by atoms with Gasteiger partial charge in [0.15, 0.2) is 0 Å². The third kappa shape index (κ3) is 2.59. The van der Waals surface area contributed by atoms with E-state index in [1.165, 1.54) is 0 Å². The van der Waals surface area contributed by atoms with Crippen LogP contribution in [0.3, 0.4) is 0 Å². The lowest BCUT2D eigenvalue weighted by molar-refractivity contribution is 0.367. The van der Waals surface area contributed by atoms with Crippen LogP contribution in [0, 0.1) is 0 Å². The molecule has 0 saturated heterocycles. The molecular formula is C14H16N2O2. The molecule has 1 unspecified atom stereocenters. The second-order valence-electron chi connectivity index (χ2n) is 3.94. The van der Waals surface area contributed by atoms with Crippen molar-refractivity contribution >= 4 is 0 Å². The molecule has 4 nitrogen and oxygen atoms in total. The Morgan fingerprint density at radius 2 is 1.50 bits per heavy atom. The van der Waals surface area contributed by atoms with Crippen molar-refractivity contribution in [3.8, 4) is 11.8 Å². The Balaban J connectivity index is 2.38. The normalized spacial score (nSPS) is 11.9. The van der Waals surface area contributed by atoms with Gasteiger partial charge in [0, 0.05) is 5.92 Å². The maximum atomic E-state index is 5.15. The quantitative estimate of drug-likeness (QED) is 0.829. The summed E-state index contributed by atoms with van der Waals surface area (Å²) in [6.45, 7) is 2.06. The van der Waals surface area contributed by atoms with Crippen LogP contribution in [0.5, 0.6) is 11.8 Å². The molecule has 0 aliphatic carbocycles. The van der Waals surface area contributed by atoms with Crippen molar-refractivity contribution in [2.45, 2.75) is 12.8 Å². The molecule has 0 N–H and O–H groups in total. The average molecular weight is 244 g/mol. The molecule has 0 radical (unpaired) electrons. The summed E-state index contributed by atoms with van der Waals surface area (Å²) in [6.07, 6.45) is 0. The summed E-state index contributed by atoms with van der Waals surface area (Å²) in [7, 11) is 3.16. The lowest BCUT2D eigenvalue weighted by Crippen LogP contribution is -2.05. The van der Waals surface area contributed by atoms with Gasteiger partial charge in [-0.15, -0.1) is 0 Å². The van der Waals surface area contributed by atoms with E-state index in [1.54, 1.807) is 20.3 Å². The molecule has 0 aliphatic rings. The van der Waals surface area contributed by atoms with Crippen molar-refractivity contribution in [3.63, 3.8) is 0 Å². The third-order valence-electron chi connectivity index (χ3n) is 2.80. The minimum atomic E-state index is 0.0928. The van der Waals surface area contributed by atoms with E-state index in [0.717, 1.165) is 5.56 Å². The molecule has 94 valence electrons. The molecule has 2 aromatic rings. The van der Waals surface area contributed by atoms with Gasteiger partial charge in [0.1, 0.15) is 5.82 Å². The van der Waals surface area contributed by atoms with Crippen molar-refractivity contribution in [2.24, 2.45) is 0 Å². The van der Waals surface area contributed by atoms with E-state index >= 15 is 0 Å². The highest BCUT2D eigenvalue weighted by atomic mass is 16.5. The molecule has 1 heterocycles. The SMILES string of the molecule is COc1cc(OC)nc(C(C)c2ccccc2)n1. The maximum absolute atomic E-state index is 5.15. The lowest BCUT2D eigenvalue weighted by Gasteiger charge is -2.12. The van der Waals surface area contributed by atoms with Gasteiger partial charge in [0.2, 0.25) is 11.8 Å². The van der Waals surface area contributed by atoms with Gasteiger partial charge in [-0.05, 0) is 5.56 Å². The number of aromatic nitrogens is 2. The van der Waals surface area contributed by atoms with Crippen molar-refractivity contribution < 1.29 is 9.47 Å².